The average molecular weight is 1880 g/mol. The van der Waals surface area contributed by atoms with E-state index in [4.69, 9.17) is 58.1 Å². The lowest BCUT2D eigenvalue weighted by Crippen LogP contribution is -1.97. The van der Waals surface area contributed by atoms with Crippen LogP contribution in [-0.2, 0) is 0 Å². The van der Waals surface area contributed by atoms with E-state index in [9.17, 15) is 0 Å². The van der Waals surface area contributed by atoms with E-state index < -0.39 is 0 Å². The van der Waals surface area contributed by atoms with E-state index in [2.05, 4.69) is 334 Å². The fraction of sp³-hybridized carbons (Fsp3) is 0. The van der Waals surface area contributed by atoms with Gasteiger partial charge in [0.2, 0.25) is 17.7 Å². The van der Waals surface area contributed by atoms with E-state index in [0.717, 1.165) is 217 Å². The van der Waals surface area contributed by atoms with Crippen LogP contribution in [0.4, 0.5) is 0 Å². The highest BCUT2D eigenvalue weighted by atomic mass is 16.4. The molecule has 0 bridgehead atoms. The molecule has 12 heteroatoms. The van der Waals surface area contributed by atoms with Gasteiger partial charge < -0.3 is 13.3 Å². The summed E-state index contributed by atoms with van der Waals surface area (Å²) in [6.07, 6.45) is 0. The van der Waals surface area contributed by atoms with Crippen molar-refractivity contribution >= 4 is 65.6 Å². The molecular weight excluding hydrogens is 1800 g/mol. The van der Waals surface area contributed by atoms with Crippen molar-refractivity contribution < 1.29 is 13.3 Å². The molecule has 690 valence electrons. The Morgan fingerprint density at radius 1 is 0.136 bits per heavy atom. The second kappa shape index (κ2) is 39.6. The van der Waals surface area contributed by atoms with Crippen LogP contribution in [-0.4, -0.2) is 44.9 Å². The molecule has 12 nitrogen and oxygen atoms in total. The topological polar surface area (TPSA) is 155 Å². The molecule has 0 unspecified atom stereocenters. The molecule has 0 spiro atoms. The minimum absolute atomic E-state index is 0.614. The summed E-state index contributed by atoms with van der Waals surface area (Å²) in [5, 5.41) is 6.73. The lowest BCUT2D eigenvalue weighted by molar-refractivity contribution is 0.619. The number of rotatable bonds is 18. The molecule has 0 N–H and O–H groups in total. The minimum atomic E-state index is 0.614. The van der Waals surface area contributed by atoms with Gasteiger partial charge in [-0.15, -0.1) is 0 Å². The molecule has 27 rings (SSSR count). The van der Waals surface area contributed by atoms with Gasteiger partial charge in [0.15, 0.2) is 34.2 Å². The molecule has 0 aliphatic rings. The summed E-state index contributed by atoms with van der Waals surface area (Å²) in [5.74, 6) is 3.93. The van der Waals surface area contributed by atoms with Gasteiger partial charge in [0.25, 0.3) is 0 Å². The molecule has 147 heavy (non-hydrogen) atoms. The molecule has 0 saturated carbocycles. The molecule has 0 saturated heterocycles. The Morgan fingerprint density at radius 3 is 0.857 bits per heavy atom. The van der Waals surface area contributed by atoms with E-state index >= 15 is 0 Å². The van der Waals surface area contributed by atoms with Crippen molar-refractivity contribution in [3.05, 3.63) is 528 Å². The van der Waals surface area contributed by atoms with Gasteiger partial charge >= 0.3 is 0 Å². The standard InChI is InChI=1S/3C45H29N3O/c1-4-13-30(14-5-1)31-23-25-33(26-24-31)44-46-40(32-15-6-2-7-16-32)29-41(47-44)38-28-27-37(35-19-10-11-20-36(35)38)39-21-12-22-42-43(39)48-45(49-42)34-17-8-3-9-18-34;1-4-13-30(14-5-1)31-23-25-33(26-24-31)44-46-41(32-15-6-2-7-16-32)29-42(47-44)38-28-27-37(35-19-10-11-20-36(35)38)39-21-12-22-40-43(39)49-45(48-40)34-17-8-3-9-18-34;1-4-10-30(11-5-1)31-16-18-33(19-17-31)44-46-40(32-12-6-2-7-13-32)29-41(47-44)39-23-22-35-26-36(20-21-37(35)27-39)38-24-25-43-42(28-38)48-45(49-43)34-14-8-3-9-15-34/h3*1-29H. The predicted octanol–water partition coefficient (Wildman–Crippen LogP) is 35.3. The van der Waals surface area contributed by atoms with E-state index in [1.54, 1.807) is 0 Å². The Morgan fingerprint density at radius 2 is 0.422 bits per heavy atom. The predicted molar refractivity (Wildman–Crippen MR) is 599 cm³/mol. The number of fused-ring (bicyclic) bond motifs is 6. The Labute approximate surface area is 848 Å². The van der Waals surface area contributed by atoms with Gasteiger partial charge in [-0.05, 0) is 179 Å². The van der Waals surface area contributed by atoms with E-state index in [1.807, 2.05) is 194 Å². The second-order valence-corrected chi connectivity index (χ2v) is 36.1. The van der Waals surface area contributed by atoms with Crippen LogP contribution in [0.2, 0.25) is 0 Å². The summed E-state index contributed by atoms with van der Waals surface area (Å²) < 4.78 is 18.7. The van der Waals surface area contributed by atoms with E-state index in [1.165, 1.54) is 16.7 Å². The number of benzene rings is 21. The summed E-state index contributed by atoms with van der Waals surface area (Å²) in [5.41, 5.74) is 35.5. The first kappa shape index (κ1) is 88.5. The smallest absolute Gasteiger partial charge is 0.227 e. The molecule has 6 heterocycles. The van der Waals surface area contributed by atoms with Crippen molar-refractivity contribution in [2.24, 2.45) is 0 Å². The van der Waals surface area contributed by atoms with Crippen LogP contribution >= 0.6 is 0 Å². The SMILES string of the molecule is c1ccc(-c2ccc(-c3nc(-c4ccccc4)cc(-c4ccc(-c5cccc6nc(-c7ccccc7)oc56)c5ccccc45)n3)cc2)cc1.c1ccc(-c2ccc(-c3nc(-c4ccccc4)cc(-c4ccc(-c5cccc6oc(-c7ccccc7)nc56)c5ccccc45)n3)cc2)cc1.c1ccc(-c2ccc(-c3nc(-c4ccccc4)cc(-c4ccc5cc(-c6ccc7oc(-c8ccccc8)nc7c6)ccc5c4)n3)cc2)cc1. The molecule has 27 aromatic rings. The molecule has 6 aromatic heterocycles. The summed E-state index contributed by atoms with van der Waals surface area (Å²) >= 11 is 0. The van der Waals surface area contributed by atoms with Crippen LogP contribution in [0.1, 0.15) is 0 Å². The monoisotopic (exact) mass is 1880 g/mol. The largest absolute Gasteiger partial charge is 0.436 e. The first-order chi connectivity index (χ1) is 72.8. The Bertz CT molecular complexity index is 9110. The van der Waals surface area contributed by atoms with Crippen molar-refractivity contribution in [3.63, 3.8) is 0 Å². The number of hydrogen-bond donors (Lipinski definition) is 0. The fourth-order valence-electron chi connectivity index (χ4n) is 19.4. The van der Waals surface area contributed by atoms with Crippen molar-refractivity contribution in [1.82, 2.24) is 44.9 Å². The van der Waals surface area contributed by atoms with Crippen molar-refractivity contribution in [1.29, 1.82) is 0 Å². The Hall–Kier alpha value is -20.0. The maximum absolute atomic E-state index is 6.44. The number of nitrogens with zero attached hydrogens (tertiary/aromatic N) is 9. The molecule has 0 radical (unpaired) electrons. The zero-order valence-corrected chi connectivity index (χ0v) is 79.5. The number of hydrogen-bond acceptors (Lipinski definition) is 12. The van der Waals surface area contributed by atoms with Gasteiger partial charge in [0, 0.05) is 77.9 Å². The summed E-state index contributed by atoms with van der Waals surface area (Å²) in [6.45, 7) is 0. The molecule has 0 aliphatic carbocycles. The van der Waals surface area contributed by atoms with Gasteiger partial charge in [-0.1, -0.05) is 437 Å². The van der Waals surface area contributed by atoms with Crippen molar-refractivity contribution in [3.8, 4) is 203 Å². The van der Waals surface area contributed by atoms with Gasteiger partial charge in [0.05, 0.1) is 34.2 Å². The summed E-state index contributed by atoms with van der Waals surface area (Å²) in [7, 11) is 0. The average Bonchev–Trinajstić information content (AvgIpc) is 1.69. The molecule has 0 amide bonds. The van der Waals surface area contributed by atoms with Gasteiger partial charge in [0.1, 0.15) is 16.6 Å². The number of para-hydroxylation sites is 2. The van der Waals surface area contributed by atoms with Crippen LogP contribution in [0.5, 0.6) is 0 Å². The highest BCUT2D eigenvalue weighted by molar-refractivity contribution is 6.10. The molecule has 0 aliphatic heterocycles. The van der Waals surface area contributed by atoms with E-state index in [-0.39, 0.29) is 0 Å². The van der Waals surface area contributed by atoms with Crippen molar-refractivity contribution in [2.75, 3.05) is 0 Å². The van der Waals surface area contributed by atoms with Gasteiger partial charge in [-0.25, -0.2) is 44.9 Å². The number of aromatic nitrogens is 9. The first-order valence-electron chi connectivity index (χ1n) is 49.1. The quantitative estimate of drug-likeness (QED) is 0.0803. The highest BCUT2D eigenvalue weighted by Gasteiger charge is 2.24. The lowest BCUT2D eigenvalue weighted by atomic mass is 9.93. The van der Waals surface area contributed by atoms with Crippen LogP contribution in [0.3, 0.4) is 0 Å². The zero-order chi connectivity index (χ0) is 97.7. The second-order valence-electron chi connectivity index (χ2n) is 36.1. The third-order valence-corrected chi connectivity index (χ3v) is 26.9. The summed E-state index contributed by atoms with van der Waals surface area (Å²) in [4.78, 5) is 45.3. The Balaban J connectivity index is 0.000000115. The number of oxazole rings is 3. The van der Waals surface area contributed by atoms with Gasteiger partial charge in [-0.2, -0.15) is 0 Å². The Kier molecular flexibility index (Phi) is 23.8. The third-order valence-electron chi connectivity index (χ3n) is 26.9. The molecule has 0 atom stereocenters. The molecule has 0 fully saturated rings. The van der Waals surface area contributed by atoms with Gasteiger partial charge in [-0.3, -0.25) is 0 Å². The normalized spacial score (nSPS) is 11.3. The first-order valence-corrected chi connectivity index (χ1v) is 49.1. The fourth-order valence-corrected chi connectivity index (χ4v) is 19.4. The summed E-state index contributed by atoms with van der Waals surface area (Å²) in [6, 6.07) is 181. The van der Waals surface area contributed by atoms with Crippen LogP contribution in [0, 0.1) is 0 Å². The van der Waals surface area contributed by atoms with Crippen molar-refractivity contribution in [2.45, 2.75) is 0 Å². The van der Waals surface area contributed by atoms with E-state index in [0.29, 0.717) is 35.1 Å². The van der Waals surface area contributed by atoms with Crippen LogP contribution < -0.4 is 0 Å². The highest BCUT2D eigenvalue weighted by Crippen LogP contribution is 2.45. The lowest BCUT2D eigenvalue weighted by Gasteiger charge is -2.14. The molecular formula is C135H87N9O3. The maximum Gasteiger partial charge on any atom is 0.227 e. The maximum atomic E-state index is 6.44. The third kappa shape index (κ3) is 18.4. The van der Waals surface area contributed by atoms with Crippen LogP contribution in [0.15, 0.2) is 541 Å². The zero-order valence-electron chi connectivity index (χ0n) is 79.5. The molecule has 21 aromatic carbocycles. The minimum Gasteiger partial charge on any atom is -0.436 e. The van der Waals surface area contributed by atoms with Crippen LogP contribution in [0.25, 0.3) is 268 Å².